The van der Waals surface area contributed by atoms with Gasteiger partial charge in [0.1, 0.15) is 22.8 Å². The minimum Gasteiger partial charge on any atom is -0.370 e. The number of rotatable bonds is 2. The fourth-order valence-electron chi connectivity index (χ4n) is 3.07. The number of fused-ring (bicyclic) bond motifs is 1. The van der Waals surface area contributed by atoms with E-state index in [1.54, 1.807) is 17.7 Å². The maximum absolute atomic E-state index is 13.1. The van der Waals surface area contributed by atoms with Crippen molar-refractivity contribution in [1.29, 1.82) is 0 Å². The summed E-state index contributed by atoms with van der Waals surface area (Å²) in [5.41, 5.74) is 1.08. The molecule has 118 valence electrons. The van der Waals surface area contributed by atoms with Crippen LogP contribution in [0.25, 0.3) is 10.2 Å². The highest BCUT2D eigenvalue weighted by Gasteiger charge is 2.18. The number of halogens is 1. The van der Waals surface area contributed by atoms with Crippen LogP contribution in [-0.4, -0.2) is 36.1 Å². The Labute approximate surface area is 138 Å². The molecule has 0 saturated carbocycles. The molecule has 23 heavy (non-hydrogen) atoms. The number of thiophene rings is 1. The topological polar surface area (TPSA) is 32.3 Å². The van der Waals surface area contributed by atoms with Gasteiger partial charge in [-0.3, -0.25) is 0 Å². The van der Waals surface area contributed by atoms with Gasteiger partial charge in [0.05, 0.1) is 5.39 Å². The van der Waals surface area contributed by atoms with Crippen molar-refractivity contribution in [3.8, 4) is 0 Å². The standard InChI is InChI=1S/C17H17FN4S/c18-13-2-4-14(5-3-13)21-7-1-8-22(10-9-21)16-15-6-11-23-17(15)20-12-19-16/h2-6,11-12H,1,7-10H2. The van der Waals surface area contributed by atoms with E-state index in [2.05, 4.69) is 31.2 Å². The molecule has 4 nitrogen and oxygen atoms in total. The van der Waals surface area contributed by atoms with Crippen LogP contribution in [0.15, 0.2) is 42.0 Å². The van der Waals surface area contributed by atoms with Gasteiger partial charge in [0.15, 0.2) is 0 Å². The summed E-state index contributed by atoms with van der Waals surface area (Å²) in [7, 11) is 0. The van der Waals surface area contributed by atoms with Gasteiger partial charge in [-0.1, -0.05) is 0 Å². The molecule has 3 aromatic rings. The molecule has 0 amide bonds. The van der Waals surface area contributed by atoms with Gasteiger partial charge >= 0.3 is 0 Å². The van der Waals surface area contributed by atoms with Gasteiger partial charge in [-0.25, -0.2) is 14.4 Å². The van der Waals surface area contributed by atoms with E-state index >= 15 is 0 Å². The van der Waals surface area contributed by atoms with Gasteiger partial charge in [0.25, 0.3) is 0 Å². The number of hydrogen-bond acceptors (Lipinski definition) is 5. The molecule has 4 rings (SSSR count). The molecule has 3 heterocycles. The van der Waals surface area contributed by atoms with Crippen LogP contribution in [0.2, 0.25) is 0 Å². The molecular formula is C17H17FN4S. The van der Waals surface area contributed by atoms with Gasteiger partial charge in [0, 0.05) is 31.9 Å². The van der Waals surface area contributed by atoms with E-state index in [4.69, 9.17) is 0 Å². The van der Waals surface area contributed by atoms with Gasteiger partial charge in [-0.05, 0) is 42.1 Å². The minimum absolute atomic E-state index is 0.189. The third-order valence-corrected chi connectivity index (χ3v) is 5.05. The molecule has 6 heteroatoms. The lowest BCUT2D eigenvalue weighted by molar-refractivity contribution is 0.627. The van der Waals surface area contributed by atoms with Crippen molar-refractivity contribution in [2.75, 3.05) is 36.0 Å². The van der Waals surface area contributed by atoms with Crippen LogP contribution in [-0.2, 0) is 0 Å². The van der Waals surface area contributed by atoms with E-state index in [1.165, 1.54) is 12.1 Å². The Hall–Kier alpha value is -2.21. The fourth-order valence-corrected chi connectivity index (χ4v) is 3.80. The largest absolute Gasteiger partial charge is 0.370 e. The first-order valence-corrected chi connectivity index (χ1v) is 8.63. The maximum atomic E-state index is 13.1. The minimum atomic E-state index is -0.189. The maximum Gasteiger partial charge on any atom is 0.140 e. The second-order valence-electron chi connectivity index (χ2n) is 5.64. The van der Waals surface area contributed by atoms with E-state index in [9.17, 15) is 4.39 Å². The Balaban J connectivity index is 1.55. The van der Waals surface area contributed by atoms with Gasteiger partial charge in [-0.15, -0.1) is 11.3 Å². The fraction of sp³-hybridized carbons (Fsp3) is 0.294. The first kappa shape index (κ1) is 14.4. The molecule has 1 aromatic carbocycles. The number of nitrogens with zero attached hydrogens (tertiary/aromatic N) is 4. The smallest absolute Gasteiger partial charge is 0.140 e. The molecule has 0 radical (unpaired) electrons. The Morgan fingerprint density at radius 1 is 0.913 bits per heavy atom. The predicted molar refractivity (Wildman–Crippen MR) is 92.9 cm³/mol. The van der Waals surface area contributed by atoms with E-state index < -0.39 is 0 Å². The highest BCUT2D eigenvalue weighted by Crippen LogP contribution is 2.28. The zero-order valence-electron chi connectivity index (χ0n) is 12.7. The molecule has 1 aliphatic heterocycles. The zero-order chi connectivity index (χ0) is 15.6. The summed E-state index contributed by atoms with van der Waals surface area (Å²) in [6.45, 7) is 3.75. The molecule has 1 fully saturated rings. The SMILES string of the molecule is Fc1ccc(N2CCCN(c3ncnc4sccc34)CC2)cc1. The van der Waals surface area contributed by atoms with Crippen molar-refractivity contribution in [3.63, 3.8) is 0 Å². The quantitative estimate of drug-likeness (QED) is 0.720. The Morgan fingerprint density at radius 3 is 2.57 bits per heavy atom. The highest BCUT2D eigenvalue weighted by atomic mass is 32.1. The van der Waals surface area contributed by atoms with Crippen molar-refractivity contribution in [3.05, 3.63) is 47.9 Å². The summed E-state index contributed by atoms with van der Waals surface area (Å²) in [5, 5.41) is 3.19. The second kappa shape index (κ2) is 6.12. The predicted octanol–water partition coefficient (Wildman–Crippen LogP) is 3.55. The molecule has 0 bridgehead atoms. The van der Waals surface area contributed by atoms with Crippen molar-refractivity contribution in [2.24, 2.45) is 0 Å². The van der Waals surface area contributed by atoms with Gasteiger partial charge < -0.3 is 9.80 Å². The van der Waals surface area contributed by atoms with Crippen molar-refractivity contribution < 1.29 is 4.39 Å². The number of aromatic nitrogens is 2. The molecular weight excluding hydrogens is 311 g/mol. The van der Waals surface area contributed by atoms with Crippen molar-refractivity contribution in [1.82, 2.24) is 9.97 Å². The number of benzene rings is 1. The van der Waals surface area contributed by atoms with Crippen molar-refractivity contribution >= 4 is 33.1 Å². The molecule has 0 aliphatic carbocycles. The van der Waals surface area contributed by atoms with Crippen LogP contribution in [0.1, 0.15) is 6.42 Å². The molecule has 0 unspecified atom stereocenters. The van der Waals surface area contributed by atoms with Crippen LogP contribution in [0.5, 0.6) is 0 Å². The summed E-state index contributed by atoms with van der Waals surface area (Å²) in [6.07, 6.45) is 2.70. The third-order valence-electron chi connectivity index (χ3n) is 4.23. The monoisotopic (exact) mass is 328 g/mol. The lowest BCUT2D eigenvalue weighted by Gasteiger charge is -2.24. The average Bonchev–Trinajstić information content (AvgIpc) is 2.93. The average molecular weight is 328 g/mol. The normalized spacial score (nSPS) is 15.9. The molecule has 1 saturated heterocycles. The first-order valence-electron chi connectivity index (χ1n) is 7.75. The molecule has 1 aliphatic rings. The zero-order valence-corrected chi connectivity index (χ0v) is 13.5. The second-order valence-corrected chi connectivity index (χ2v) is 6.54. The van der Waals surface area contributed by atoms with Gasteiger partial charge in [0.2, 0.25) is 0 Å². The number of anilines is 2. The summed E-state index contributed by atoms with van der Waals surface area (Å²) in [5.74, 6) is 0.836. The van der Waals surface area contributed by atoms with E-state index in [0.29, 0.717) is 0 Å². The van der Waals surface area contributed by atoms with Crippen LogP contribution in [0.4, 0.5) is 15.9 Å². The molecule has 0 spiro atoms. The van der Waals surface area contributed by atoms with Crippen LogP contribution >= 0.6 is 11.3 Å². The lowest BCUT2D eigenvalue weighted by Crippen LogP contribution is -2.31. The molecule has 0 N–H and O–H groups in total. The van der Waals surface area contributed by atoms with Crippen LogP contribution in [0, 0.1) is 5.82 Å². The molecule has 2 aromatic heterocycles. The van der Waals surface area contributed by atoms with Crippen molar-refractivity contribution in [2.45, 2.75) is 6.42 Å². The third kappa shape index (κ3) is 2.86. The highest BCUT2D eigenvalue weighted by molar-refractivity contribution is 7.16. The van der Waals surface area contributed by atoms with E-state index in [0.717, 1.165) is 54.3 Å². The van der Waals surface area contributed by atoms with Crippen LogP contribution in [0.3, 0.4) is 0 Å². The van der Waals surface area contributed by atoms with Gasteiger partial charge in [-0.2, -0.15) is 0 Å². The van der Waals surface area contributed by atoms with E-state index in [-0.39, 0.29) is 5.82 Å². The summed E-state index contributed by atoms with van der Waals surface area (Å²) in [4.78, 5) is 14.5. The Morgan fingerprint density at radius 2 is 1.70 bits per heavy atom. The molecule has 0 atom stereocenters. The summed E-state index contributed by atoms with van der Waals surface area (Å²) >= 11 is 1.65. The number of hydrogen-bond donors (Lipinski definition) is 0. The lowest BCUT2D eigenvalue weighted by atomic mass is 10.2. The summed E-state index contributed by atoms with van der Waals surface area (Å²) in [6, 6.07) is 8.85. The Kier molecular flexibility index (Phi) is 3.83. The van der Waals surface area contributed by atoms with Crippen LogP contribution < -0.4 is 9.80 Å². The first-order chi connectivity index (χ1) is 11.3. The summed E-state index contributed by atoms with van der Waals surface area (Å²) < 4.78 is 13.1. The van der Waals surface area contributed by atoms with E-state index in [1.807, 2.05) is 12.1 Å². The Bertz CT molecular complexity index is 802.